The summed E-state index contributed by atoms with van der Waals surface area (Å²) in [5.41, 5.74) is 0.760. The third-order valence-corrected chi connectivity index (χ3v) is 4.04. The minimum Gasteiger partial charge on any atom is -0.324 e. The van der Waals surface area contributed by atoms with Gasteiger partial charge in [-0.15, -0.1) is 0 Å². The van der Waals surface area contributed by atoms with Crippen molar-refractivity contribution in [3.05, 3.63) is 22.9 Å². The number of carbonyl (C=O) groups is 1. The standard InChI is InChI=1S/C13H17BrN2O/c1-9-4-6-10(7-5-9)13(17)16-11-3-2-8-15-12(11)14/h2-3,8-10H,4-7H2,1H3,(H,16,17). The SMILES string of the molecule is CC1CCC(C(=O)Nc2cccnc2Br)CC1. The monoisotopic (exact) mass is 296 g/mol. The Morgan fingerprint density at radius 3 is 2.76 bits per heavy atom. The van der Waals surface area contributed by atoms with Crippen LogP contribution in [0.15, 0.2) is 22.9 Å². The average molecular weight is 297 g/mol. The minimum absolute atomic E-state index is 0.130. The molecule has 1 aliphatic carbocycles. The molecule has 1 fully saturated rings. The third kappa shape index (κ3) is 3.28. The Kier molecular flexibility index (Phi) is 4.15. The second-order valence-corrected chi connectivity index (χ2v) is 5.54. The second kappa shape index (κ2) is 5.63. The number of nitrogens with one attached hydrogen (secondary N) is 1. The quantitative estimate of drug-likeness (QED) is 0.847. The van der Waals surface area contributed by atoms with E-state index in [2.05, 4.69) is 33.2 Å². The van der Waals surface area contributed by atoms with E-state index >= 15 is 0 Å². The molecule has 1 saturated carbocycles. The van der Waals surface area contributed by atoms with Crippen molar-refractivity contribution in [1.82, 2.24) is 4.98 Å². The van der Waals surface area contributed by atoms with E-state index in [9.17, 15) is 4.79 Å². The molecule has 0 radical (unpaired) electrons. The maximum absolute atomic E-state index is 12.1. The first-order valence-electron chi connectivity index (χ1n) is 6.08. The van der Waals surface area contributed by atoms with Gasteiger partial charge < -0.3 is 5.32 Å². The lowest BCUT2D eigenvalue weighted by Crippen LogP contribution is -2.26. The molecular formula is C13H17BrN2O. The van der Waals surface area contributed by atoms with E-state index in [1.54, 1.807) is 6.20 Å². The zero-order valence-electron chi connectivity index (χ0n) is 9.95. The summed E-state index contributed by atoms with van der Waals surface area (Å²) in [6.07, 6.45) is 6.02. The van der Waals surface area contributed by atoms with E-state index in [0.29, 0.717) is 4.60 Å². The van der Waals surface area contributed by atoms with Gasteiger partial charge in [0.1, 0.15) is 4.60 Å². The predicted molar refractivity (Wildman–Crippen MR) is 71.7 cm³/mol. The molecular weight excluding hydrogens is 280 g/mol. The number of pyridine rings is 1. The molecule has 0 atom stereocenters. The van der Waals surface area contributed by atoms with Crippen LogP contribution in [0.4, 0.5) is 5.69 Å². The van der Waals surface area contributed by atoms with Crippen LogP contribution in [0.5, 0.6) is 0 Å². The molecule has 0 aromatic carbocycles. The molecule has 92 valence electrons. The van der Waals surface area contributed by atoms with E-state index in [4.69, 9.17) is 0 Å². The summed E-state index contributed by atoms with van der Waals surface area (Å²) in [5, 5.41) is 2.95. The number of aromatic nitrogens is 1. The molecule has 0 unspecified atom stereocenters. The van der Waals surface area contributed by atoms with Gasteiger partial charge in [0.05, 0.1) is 5.69 Å². The summed E-state index contributed by atoms with van der Waals surface area (Å²) in [5.74, 6) is 1.06. The fourth-order valence-corrected chi connectivity index (χ4v) is 2.59. The molecule has 17 heavy (non-hydrogen) atoms. The van der Waals surface area contributed by atoms with E-state index in [1.165, 1.54) is 0 Å². The van der Waals surface area contributed by atoms with Crippen LogP contribution in [0, 0.1) is 11.8 Å². The first-order chi connectivity index (χ1) is 8.16. The number of anilines is 1. The Labute approximate surface area is 110 Å². The highest BCUT2D eigenvalue weighted by atomic mass is 79.9. The summed E-state index contributed by atoms with van der Waals surface area (Å²) in [6.45, 7) is 2.26. The van der Waals surface area contributed by atoms with Crippen LogP contribution in [0.3, 0.4) is 0 Å². The molecule has 0 spiro atoms. The van der Waals surface area contributed by atoms with Gasteiger partial charge in [0.15, 0.2) is 0 Å². The van der Waals surface area contributed by atoms with Crippen LogP contribution < -0.4 is 5.32 Å². The lowest BCUT2D eigenvalue weighted by atomic mass is 9.82. The predicted octanol–water partition coefficient (Wildman–Crippen LogP) is 3.61. The van der Waals surface area contributed by atoms with E-state index in [0.717, 1.165) is 37.3 Å². The van der Waals surface area contributed by atoms with Gasteiger partial charge in [-0.05, 0) is 59.7 Å². The molecule has 1 aromatic rings. The molecule has 2 rings (SSSR count). The second-order valence-electron chi connectivity index (χ2n) is 4.79. The topological polar surface area (TPSA) is 42.0 Å². The molecule has 1 aromatic heterocycles. The number of halogens is 1. The van der Waals surface area contributed by atoms with Crippen LogP contribution in [0.25, 0.3) is 0 Å². The zero-order valence-corrected chi connectivity index (χ0v) is 11.5. The largest absolute Gasteiger partial charge is 0.324 e. The first-order valence-corrected chi connectivity index (χ1v) is 6.87. The molecule has 4 heteroatoms. The van der Waals surface area contributed by atoms with Crippen LogP contribution >= 0.6 is 15.9 Å². The van der Waals surface area contributed by atoms with Crippen LogP contribution in [-0.4, -0.2) is 10.9 Å². The molecule has 0 saturated heterocycles. The molecule has 3 nitrogen and oxygen atoms in total. The van der Waals surface area contributed by atoms with Crippen molar-refractivity contribution in [3.63, 3.8) is 0 Å². The Balaban J connectivity index is 1.95. The summed E-state index contributed by atoms with van der Waals surface area (Å²) < 4.78 is 0.692. The number of nitrogens with zero attached hydrogens (tertiary/aromatic N) is 1. The highest BCUT2D eigenvalue weighted by molar-refractivity contribution is 9.10. The highest BCUT2D eigenvalue weighted by Crippen LogP contribution is 2.29. The first kappa shape index (κ1) is 12.6. The molecule has 1 aliphatic rings. The van der Waals surface area contributed by atoms with Crippen molar-refractivity contribution in [2.75, 3.05) is 5.32 Å². The van der Waals surface area contributed by atoms with E-state index in [-0.39, 0.29) is 11.8 Å². The summed E-state index contributed by atoms with van der Waals surface area (Å²) in [7, 11) is 0. The van der Waals surface area contributed by atoms with Crippen LogP contribution in [-0.2, 0) is 4.79 Å². The number of hydrogen-bond acceptors (Lipinski definition) is 2. The van der Waals surface area contributed by atoms with Crippen molar-refractivity contribution in [3.8, 4) is 0 Å². The van der Waals surface area contributed by atoms with Gasteiger partial charge in [-0.2, -0.15) is 0 Å². The number of amides is 1. The third-order valence-electron chi connectivity index (χ3n) is 3.40. The molecule has 0 aliphatic heterocycles. The van der Waals surface area contributed by atoms with Crippen molar-refractivity contribution >= 4 is 27.5 Å². The Bertz CT molecular complexity index is 400. The van der Waals surface area contributed by atoms with Gasteiger partial charge in [0.2, 0.25) is 5.91 Å². The summed E-state index contributed by atoms with van der Waals surface area (Å²) in [4.78, 5) is 16.2. The Morgan fingerprint density at radius 1 is 1.41 bits per heavy atom. The highest BCUT2D eigenvalue weighted by Gasteiger charge is 2.24. The molecule has 0 bridgehead atoms. The van der Waals surface area contributed by atoms with Crippen LogP contribution in [0.1, 0.15) is 32.6 Å². The number of carbonyl (C=O) groups excluding carboxylic acids is 1. The van der Waals surface area contributed by atoms with Crippen molar-refractivity contribution in [2.24, 2.45) is 11.8 Å². The van der Waals surface area contributed by atoms with Crippen molar-refractivity contribution in [1.29, 1.82) is 0 Å². The Morgan fingerprint density at radius 2 is 2.12 bits per heavy atom. The fraction of sp³-hybridized carbons (Fsp3) is 0.538. The molecule has 1 heterocycles. The van der Waals surface area contributed by atoms with E-state index < -0.39 is 0 Å². The van der Waals surface area contributed by atoms with Gasteiger partial charge in [-0.3, -0.25) is 4.79 Å². The average Bonchev–Trinajstić information content (AvgIpc) is 2.33. The number of hydrogen-bond donors (Lipinski definition) is 1. The fourth-order valence-electron chi connectivity index (χ4n) is 2.24. The Hall–Kier alpha value is -0.900. The number of rotatable bonds is 2. The maximum atomic E-state index is 12.1. The van der Waals surface area contributed by atoms with Crippen LogP contribution in [0.2, 0.25) is 0 Å². The van der Waals surface area contributed by atoms with Gasteiger partial charge in [0.25, 0.3) is 0 Å². The van der Waals surface area contributed by atoms with Gasteiger partial charge in [-0.1, -0.05) is 6.92 Å². The molecule has 1 amide bonds. The van der Waals surface area contributed by atoms with Crippen molar-refractivity contribution in [2.45, 2.75) is 32.6 Å². The minimum atomic E-state index is 0.130. The van der Waals surface area contributed by atoms with E-state index in [1.807, 2.05) is 12.1 Å². The lowest BCUT2D eigenvalue weighted by Gasteiger charge is -2.25. The maximum Gasteiger partial charge on any atom is 0.227 e. The molecule has 1 N–H and O–H groups in total. The lowest BCUT2D eigenvalue weighted by molar-refractivity contribution is -0.121. The van der Waals surface area contributed by atoms with Gasteiger partial charge >= 0.3 is 0 Å². The summed E-state index contributed by atoms with van der Waals surface area (Å²) >= 11 is 3.33. The summed E-state index contributed by atoms with van der Waals surface area (Å²) in [6, 6.07) is 3.68. The van der Waals surface area contributed by atoms with Gasteiger partial charge in [0, 0.05) is 12.1 Å². The van der Waals surface area contributed by atoms with Crippen molar-refractivity contribution < 1.29 is 4.79 Å². The zero-order chi connectivity index (χ0) is 12.3. The smallest absolute Gasteiger partial charge is 0.227 e. The normalized spacial score (nSPS) is 24.4. The van der Waals surface area contributed by atoms with Gasteiger partial charge in [-0.25, -0.2) is 4.98 Å².